The second-order valence-corrected chi connectivity index (χ2v) is 8.86. The molecule has 190 valence electrons. The maximum atomic E-state index is 5.54. The second kappa shape index (κ2) is 15.6. The highest BCUT2D eigenvalue weighted by molar-refractivity contribution is 14.0. The quantitative estimate of drug-likeness (QED) is 0.238. The number of methoxy groups -OCH3 is 2. The number of nitrogens with one attached hydrogen (secondary N) is 2. The Bertz CT molecular complexity index is 711. The molecule has 33 heavy (non-hydrogen) atoms. The normalized spacial score (nSPS) is 16.8. The van der Waals surface area contributed by atoms with Crippen molar-refractivity contribution >= 4 is 29.9 Å². The molecule has 0 aliphatic carbocycles. The van der Waals surface area contributed by atoms with Gasteiger partial charge in [0.1, 0.15) is 0 Å². The summed E-state index contributed by atoms with van der Waals surface area (Å²) >= 11 is 0. The highest BCUT2D eigenvalue weighted by Gasteiger charge is 2.23. The number of rotatable bonds is 11. The van der Waals surface area contributed by atoms with Crippen molar-refractivity contribution in [3.8, 4) is 11.5 Å². The molecule has 2 rings (SSSR count). The Morgan fingerprint density at radius 3 is 2.27 bits per heavy atom. The van der Waals surface area contributed by atoms with E-state index in [1.807, 2.05) is 19.2 Å². The van der Waals surface area contributed by atoms with Gasteiger partial charge in [0.15, 0.2) is 17.5 Å². The van der Waals surface area contributed by atoms with E-state index >= 15 is 0 Å². The van der Waals surface area contributed by atoms with Gasteiger partial charge in [0.25, 0.3) is 0 Å². The minimum absolute atomic E-state index is 0. The molecule has 1 saturated heterocycles. The molecule has 0 aromatic heterocycles. The number of nitrogens with zero attached hydrogens (tertiary/aromatic N) is 3. The van der Waals surface area contributed by atoms with E-state index in [2.05, 4.69) is 59.4 Å². The lowest BCUT2D eigenvalue weighted by Crippen LogP contribution is -2.51. The van der Waals surface area contributed by atoms with Crippen molar-refractivity contribution < 1.29 is 14.2 Å². The molecule has 8 nitrogen and oxygen atoms in total. The van der Waals surface area contributed by atoms with Gasteiger partial charge < -0.3 is 29.7 Å². The molecule has 1 aromatic rings. The predicted octanol–water partition coefficient (Wildman–Crippen LogP) is 2.84. The van der Waals surface area contributed by atoms with Crippen LogP contribution in [0.4, 0.5) is 0 Å². The average molecular weight is 578 g/mol. The molecular formula is C24H44IN5O3. The Labute approximate surface area is 217 Å². The van der Waals surface area contributed by atoms with Gasteiger partial charge in [-0.15, -0.1) is 24.0 Å². The molecule has 0 spiro atoms. The van der Waals surface area contributed by atoms with Crippen LogP contribution in [-0.2, 0) is 4.74 Å². The molecule has 0 radical (unpaired) electrons. The van der Waals surface area contributed by atoms with E-state index < -0.39 is 0 Å². The molecule has 2 unspecified atom stereocenters. The summed E-state index contributed by atoms with van der Waals surface area (Å²) in [5, 5.41) is 7.06. The van der Waals surface area contributed by atoms with Crippen molar-refractivity contribution in [1.82, 2.24) is 20.4 Å². The van der Waals surface area contributed by atoms with Crippen LogP contribution in [0.15, 0.2) is 23.2 Å². The van der Waals surface area contributed by atoms with Crippen molar-refractivity contribution in [2.75, 3.05) is 74.8 Å². The summed E-state index contributed by atoms with van der Waals surface area (Å²) < 4.78 is 16.4. The SMILES string of the molecule is CN=C(NCC(c1ccc(OC)c(OC)c1)N(C)C)NCC(CC(C)C)N1CCOCC1.I. The van der Waals surface area contributed by atoms with Crippen molar-refractivity contribution in [3.63, 3.8) is 0 Å². The lowest BCUT2D eigenvalue weighted by Gasteiger charge is -2.36. The molecule has 1 aromatic carbocycles. The Morgan fingerprint density at radius 1 is 1.09 bits per heavy atom. The predicted molar refractivity (Wildman–Crippen MR) is 146 cm³/mol. The van der Waals surface area contributed by atoms with Crippen LogP contribution in [-0.4, -0.2) is 96.6 Å². The van der Waals surface area contributed by atoms with E-state index in [1.54, 1.807) is 14.2 Å². The zero-order valence-electron chi connectivity index (χ0n) is 21.4. The minimum atomic E-state index is 0. The number of aliphatic imine (C=N–C) groups is 1. The van der Waals surface area contributed by atoms with Crippen LogP contribution in [0.25, 0.3) is 0 Å². The van der Waals surface area contributed by atoms with Crippen LogP contribution in [0.1, 0.15) is 31.9 Å². The summed E-state index contributed by atoms with van der Waals surface area (Å²) in [6.45, 7) is 9.76. The first-order valence-electron chi connectivity index (χ1n) is 11.5. The molecule has 1 aliphatic rings. The maximum Gasteiger partial charge on any atom is 0.191 e. The first-order chi connectivity index (χ1) is 15.4. The van der Waals surface area contributed by atoms with Crippen LogP contribution in [0, 0.1) is 5.92 Å². The summed E-state index contributed by atoms with van der Waals surface area (Å²) in [7, 11) is 9.30. The summed E-state index contributed by atoms with van der Waals surface area (Å²) in [4.78, 5) is 9.19. The van der Waals surface area contributed by atoms with Crippen LogP contribution >= 0.6 is 24.0 Å². The van der Waals surface area contributed by atoms with Crippen LogP contribution in [0.5, 0.6) is 11.5 Å². The van der Waals surface area contributed by atoms with Crippen LogP contribution in [0.3, 0.4) is 0 Å². The molecule has 0 saturated carbocycles. The third-order valence-electron chi connectivity index (χ3n) is 5.91. The average Bonchev–Trinajstić information content (AvgIpc) is 2.80. The summed E-state index contributed by atoms with van der Waals surface area (Å²) in [5.41, 5.74) is 1.15. The topological polar surface area (TPSA) is 70.6 Å². The number of hydrogen-bond donors (Lipinski definition) is 2. The first-order valence-corrected chi connectivity index (χ1v) is 11.5. The van der Waals surface area contributed by atoms with Gasteiger partial charge in [0, 0.05) is 39.3 Å². The van der Waals surface area contributed by atoms with Gasteiger partial charge in [0.05, 0.1) is 33.5 Å². The zero-order valence-corrected chi connectivity index (χ0v) is 23.7. The van der Waals surface area contributed by atoms with E-state index in [4.69, 9.17) is 14.2 Å². The fraction of sp³-hybridized carbons (Fsp3) is 0.708. The molecule has 1 aliphatic heterocycles. The third-order valence-corrected chi connectivity index (χ3v) is 5.91. The second-order valence-electron chi connectivity index (χ2n) is 8.86. The number of guanidine groups is 1. The van der Waals surface area contributed by atoms with Gasteiger partial charge in [-0.1, -0.05) is 19.9 Å². The summed E-state index contributed by atoms with van der Waals surface area (Å²) in [6.07, 6.45) is 1.15. The number of likely N-dealkylation sites (N-methyl/N-ethyl adjacent to an activating group) is 1. The number of benzene rings is 1. The van der Waals surface area contributed by atoms with Crippen LogP contribution in [0.2, 0.25) is 0 Å². The lowest BCUT2D eigenvalue weighted by atomic mass is 10.0. The number of halogens is 1. The van der Waals surface area contributed by atoms with Crippen molar-refractivity contribution in [2.24, 2.45) is 10.9 Å². The van der Waals surface area contributed by atoms with E-state index in [-0.39, 0.29) is 30.0 Å². The highest BCUT2D eigenvalue weighted by atomic mass is 127. The number of ether oxygens (including phenoxy) is 3. The fourth-order valence-electron chi connectivity index (χ4n) is 4.14. The van der Waals surface area contributed by atoms with E-state index in [9.17, 15) is 0 Å². The monoisotopic (exact) mass is 577 g/mol. The van der Waals surface area contributed by atoms with E-state index in [0.29, 0.717) is 18.5 Å². The minimum Gasteiger partial charge on any atom is -0.493 e. The Balaban J connectivity index is 0.00000544. The van der Waals surface area contributed by atoms with Gasteiger partial charge >= 0.3 is 0 Å². The molecule has 1 fully saturated rings. The lowest BCUT2D eigenvalue weighted by molar-refractivity contribution is 0.0132. The molecule has 0 amide bonds. The molecular weight excluding hydrogens is 533 g/mol. The maximum absolute atomic E-state index is 5.54. The van der Waals surface area contributed by atoms with Gasteiger partial charge in [0.2, 0.25) is 0 Å². The standard InChI is InChI=1S/C24H43N5O3.HI/c1-18(2)14-20(29-10-12-32-13-11-29)16-26-24(25-3)27-17-21(28(4)5)19-8-9-22(30-6)23(15-19)31-7;/h8-9,15,18,20-21H,10-14,16-17H2,1-7H3,(H2,25,26,27);1H. The van der Waals surface area contributed by atoms with Gasteiger partial charge in [-0.2, -0.15) is 0 Å². The first kappa shape index (κ1) is 29.7. The Kier molecular flexibility index (Phi) is 14.0. The van der Waals surface area contributed by atoms with Crippen molar-refractivity contribution in [3.05, 3.63) is 23.8 Å². The van der Waals surface area contributed by atoms with Gasteiger partial charge in [-0.25, -0.2) is 0 Å². The summed E-state index contributed by atoms with van der Waals surface area (Å²) in [5.74, 6) is 2.93. The zero-order chi connectivity index (χ0) is 23.5. The molecule has 0 bridgehead atoms. The number of morpholine rings is 1. The van der Waals surface area contributed by atoms with Crippen molar-refractivity contribution in [2.45, 2.75) is 32.4 Å². The van der Waals surface area contributed by atoms with Crippen molar-refractivity contribution in [1.29, 1.82) is 0 Å². The largest absolute Gasteiger partial charge is 0.493 e. The van der Waals surface area contributed by atoms with E-state index in [0.717, 1.165) is 62.3 Å². The molecule has 2 N–H and O–H groups in total. The molecule has 1 heterocycles. The van der Waals surface area contributed by atoms with Gasteiger partial charge in [-0.05, 0) is 44.1 Å². The number of hydrogen-bond acceptors (Lipinski definition) is 6. The fourth-order valence-corrected chi connectivity index (χ4v) is 4.14. The third kappa shape index (κ3) is 9.46. The van der Waals surface area contributed by atoms with Crippen LogP contribution < -0.4 is 20.1 Å². The highest BCUT2D eigenvalue weighted by Crippen LogP contribution is 2.31. The summed E-state index contributed by atoms with van der Waals surface area (Å²) in [6, 6.07) is 6.70. The smallest absolute Gasteiger partial charge is 0.191 e. The van der Waals surface area contributed by atoms with Gasteiger partial charge in [-0.3, -0.25) is 9.89 Å². The molecule has 2 atom stereocenters. The Hall–Kier alpha value is -1.30. The Morgan fingerprint density at radius 2 is 1.73 bits per heavy atom. The van der Waals surface area contributed by atoms with E-state index in [1.165, 1.54) is 0 Å². The molecule has 9 heteroatoms.